The van der Waals surface area contributed by atoms with E-state index in [9.17, 15) is 9.18 Å². The maximum atomic E-state index is 14.0. The zero-order chi connectivity index (χ0) is 19.0. The van der Waals surface area contributed by atoms with Gasteiger partial charge in [-0.2, -0.15) is 0 Å². The third-order valence-electron chi connectivity index (χ3n) is 5.44. The first kappa shape index (κ1) is 17.7. The van der Waals surface area contributed by atoms with Crippen LogP contribution in [0.5, 0.6) is 0 Å². The first-order valence-electron chi connectivity index (χ1n) is 9.34. The van der Waals surface area contributed by atoms with Crippen LogP contribution < -0.4 is 0 Å². The van der Waals surface area contributed by atoms with Crippen molar-refractivity contribution in [2.45, 2.75) is 13.5 Å². The second-order valence-electron chi connectivity index (χ2n) is 7.32. The van der Waals surface area contributed by atoms with Crippen molar-refractivity contribution in [3.8, 4) is 0 Å². The number of piperazine rings is 1. The molecular formula is C22H24FN3O. The van der Waals surface area contributed by atoms with E-state index in [1.165, 1.54) is 17.2 Å². The van der Waals surface area contributed by atoms with E-state index < -0.39 is 0 Å². The number of amides is 1. The summed E-state index contributed by atoms with van der Waals surface area (Å²) in [5.41, 5.74) is 3.85. The van der Waals surface area contributed by atoms with Crippen LogP contribution in [0.3, 0.4) is 0 Å². The molecule has 0 radical (unpaired) electrons. The Morgan fingerprint density at radius 2 is 1.74 bits per heavy atom. The predicted octanol–water partition coefficient (Wildman–Crippen LogP) is 3.58. The van der Waals surface area contributed by atoms with Crippen LogP contribution in [0.2, 0.25) is 0 Å². The number of halogens is 1. The number of benzene rings is 2. The largest absolute Gasteiger partial charge is 0.340 e. The molecule has 0 unspecified atom stereocenters. The Bertz CT molecular complexity index is 969. The van der Waals surface area contributed by atoms with Crippen molar-refractivity contribution in [2.75, 3.05) is 26.2 Å². The Morgan fingerprint density at radius 3 is 2.41 bits per heavy atom. The smallest absolute Gasteiger partial charge is 0.270 e. The number of aromatic nitrogens is 1. The van der Waals surface area contributed by atoms with Crippen LogP contribution in [0.4, 0.5) is 4.39 Å². The van der Waals surface area contributed by atoms with Crippen molar-refractivity contribution < 1.29 is 9.18 Å². The van der Waals surface area contributed by atoms with Gasteiger partial charge in [0.25, 0.3) is 5.91 Å². The summed E-state index contributed by atoms with van der Waals surface area (Å²) in [5, 5.41) is 0.501. The van der Waals surface area contributed by atoms with E-state index in [-0.39, 0.29) is 11.7 Å². The van der Waals surface area contributed by atoms with E-state index in [0.717, 1.165) is 25.2 Å². The molecule has 0 N–H and O–H groups in total. The minimum absolute atomic E-state index is 0.0249. The molecule has 0 saturated carbocycles. The number of fused-ring (bicyclic) bond motifs is 1. The van der Waals surface area contributed by atoms with E-state index in [4.69, 9.17) is 0 Å². The third kappa shape index (κ3) is 3.47. The van der Waals surface area contributed by atoms with Crippen LogP contribution in [0, 0.1) is 12.7 Å². The fourth-order valence-electron chi connectivity index (χ4n) is 3.75. The molecule has 0 bridgehead atoms. The van der Waals surface area contributed by atoms with Gasteiger partial charge in [-0.25, -0.2) is 4.39 Å². The molecule has 1 saturated heterocycles. The molecule has 2 heterocycles. The molecule has 3 aromatic rings. The van der Waals surface area contributed by atoms with E-state index in [1.807, 2.05) is 18.0 Å². The fraction of sp³-hybridized carbons (Fsp3) is 0.318. The molecule has 0 spiro atoms. The summed E-state index contributed by atoms with van der Waals surface area (Å²) in [6.45, 7) is 6.06. The first-order chi connectivity index (χ1) is 13.0. The van der Waals surface area contributed by atoms with E-state index in [1.54, 1.807) is 16.7 Å². The molecule has 2 aromatic carbocycles. The van der Waals surface area contributed by atoms with Gasteiger partial charge in [0.05, 0.1) is 5.52 Å². The maximum Gasteiger partial charge on any atom is 0.270 e. The Labute approximate surface area is 158 Å². The van der Waals surface area contributed by atoms with Crippen molar-refractivity contribution in [3.05, 3.63) is 71.2 Å². The van der Waals surface area contributed by atoms with Gasteiger partial charge in [0, 0.05) is 45.2 Å². The average molecular weight is 365 g/mol. The van der Waals surface area contributed by atoms with E-state index in [0.29, 0.717) is 24.2 Å². The number of nitrogens with zero attached hydrogens (tertiary/aromatic N) is 3. The van der Waals surface area contributed by atoms with Gasteiger partial charge in [0.1, 0.15) is 11.5 Å². The second-order valence-corrected chi connectivity index (χ2v) is 7.32. The summed E-state index contributed by atoms with van der Waals surface area (Å²) < 4.78 is 15.8. The lowest BCUT2D eigenvalue weighted by Gasteiger charge is -2.34. The lowest BCUT2D eigenvalue weighted by molar-refractivity contribution is 0.0619. The summed E-state index contributed by atoms with van der Waals surface area (Å²) >= 11 is 0. The lowest BCUT2D eigenvalue weighted by Crippen LogP contribution is -2.48. The number of rotatable bonds is 3. The summed E-state index contributed by atoms with van der Waals surface area (Å²) in [7, 11) is 1.82. The molecule has 1 aromatic heterocycles. The van der Waals surface area contributed by atoms with E-state index in [2.05, 4.69) is 36.1 Å². The van der Waals surface area contributed by atoms with Crippen molar-refractivity contribution in [1.29, 1.82) is 0 Å². The van der Waals surface area contributed by atoms with Crippen molar-refractivity contribution in [3.63, 3.8) is 0 Å². The number of hydrogen-bond acceptors (Lipinski definition) is 2. The number of carbonyl (C=O) groups excluding carboxylic acids is 1. The SMILES string of the molecule is Cc1ccc(CN2CCN(C(=O)c3cc4c(F)cccc4n3C)CC2)cc1. The van der Waals surface area contributed by atoms with Gasteiger partial charge in [-0.1, -0.05) is 35.9 Å². The zero-order valence-corrected chi connectivity index (χ0v) is 15.8. The summed E-state index contributed by atoms with van der Waals surface area (Å²) in [6, 6.07) is 15.2. The van der Waals surface area contributed by atoms with Crippen molar-refractivity contribution in [2.24, 2.45) is 7.05 Å². The lowest BCUT2D eigenvalue weighted by atomic mass is 10.1. The molecule has 5 heteroatoms. The topological polar surface area (TPSA) is 28.5 Å². The van der Waals surface area contributed by atoms with Gasteiger partial charge in [-0.15, -0.1) is 0 Å². The Balaban J connectivity index is 1.44. The maximum absolute atomic E-state index is 14.0. The number of carbonyl (C=O) groups is 1. The van der Waals surface area contributed by atoms with Crippen LogP contribution in [0.25, 0.3) is 10.9 Å². The number of aryl methyl sites for hydroxylation is 2. The predicted molar refractivity (Wildman–Crippen MR) is 105 cm³/mol. The molecule has 1 fully saturated rings. The molecule has 0 atom stereocenters. The highest BCUT2D eigenvalue weighted by Gasteiger charge is 2.25. The molecule has 1 amide bonds. The fourth-order valence-corrected chi connectivity index (χ4v) is 3.75. The monoisotopic (exact) mass is 365 g/mol. The van der Waals surface area contributed by atoms with Crippen molar-refractivity contribution in [1.82, 2.24) is 14.4 Å². The van der Waals surface area contributed by atoms with Crippen LogP contribution in [0.15, 0.2) is 48.5 Å². The van der Waals surface area contributed by atoms with E-state index >= 15 is 0 Å². The summed E-state index contributed by atoms with van der Waals surface area (Å²) in [6.07, 6.45) is 0. The van der Waals surface area contributed by atoms with Gasteiger partial charge in [-0.05, 0) is 30.7 Å². The molecule has 4 nitrogen and oxygen atoms in total. The van der Waals surface area contributed by atoms with Gasteiger partial charge in [-0.3, -0.25) is 9.69 Å². The quantitative estimate of drug-likeness (QED) is 0.710. The zero-order valence-electron chi connectivity index (χ0n) is 15.8. The van der Waals surface area contributed by atoms with Crippen LogP contribution in [-0.4, -0.2) is 46.5 Å². The normalized spacial score (nSPS) is 15.4. The average Bonchev–Trinajstić information content (AvgIpc) is 3.02. The van der Waals surface area contributed by atoms with Gasteiger partial charge in [0.2, 0.25) is 0 Å². The molecular weight excluding hydrogens is 341 g/mol. The highest BCUT2D eigenvalue weighted by molar-refractivity contribution is 5.98. The molecule has 4 rings (SSSR count). The summed E-state index contributed by atoms with van der Waals surface area (Å²) in [4.78, 5) is 17.2. The Morgan fingerprint density at radius 1 is 1.04 bits per heavy atom. The highest BCUT2D eigenvalue weighted by Crippen LogP contribution is 2.23. The van der Waals surface area contributed by atoms with Crippen LogP contribution in [-0.2, 0) is 13.6 Å². The summed E-state index contributed by atoms with van der Waals surface area (Å²) in [5.74, 6) is -0.312. The molecule has 1 aliphatic rings. The Kier molecular flexibility index (Phi) is 4.70. The Hall–Kier alpha value is -2.66. The van der Waals surface area contributed by atoms with Gasteiger partial charge >= 0.3 is 0 Å². The molecule has 1 aliphatic heterocycles. The number of hydrogen-bond donors (Lipinski definition) is 0. The minimum atomic E-state index is -0.287. The molecule has 0 aliphatic carbocycles. The minimum Gasteiger partial charge on any atom is -0.340 e. The third-order valence-corrected chi connectivity index (χ3v) is 5.44. The first-order valence-corrected chi connectivity index (χ1v) is 9.34. The van der Waals surface area contributed by atoms with Crippen molar-refractivity contribution >= 4 is 16.8 Å². The van der Waals surface area contributed by atoms with Crippen LogP contribution >= 0.6 is 0 Å². The highest BCUT2D eigenvalue weighted by atomic mass is 19.1. The molecule has 140 valence electrons. The van der Waals surface area contributed by atoms with Crippen LogP contribution in [0.1, 0.15) is 21.6 Å². The van der Waals surface area contributed by atoms with Gasteiger partial charge < -0.3 is 9.47 Å². The second kappa shape index (κ2) is 7.16. The molecule has 27 heavy (non-hydrogen) atoms. The standard InChI is InChI=1S/C22H24FN3O/c1-16-6-8-17(9-7-16)15-25-10-12-26(13-11-25)22(27)21-14-18-19(23)4-3-5-20(18)24(21)2/h3-9,14H,10-13,15H2,1-2H3. The van der Waals surface area contributed by atoms with Gasteiger partial charge in [0.15, 0.2) is 0 Å².